The number of nitrogens with zero attached hydrogens (tertiary/aromatic N) is 1. The minimum absolute atomic E-state index is 0.145. The predicted octanol–water partition coefficient (Wildman–Crippen LogP) is 4.15. The Balaban J connectivity index is 1.52. The van der Waals surface area contributed by atoms with E-state index in [-0.39, 0.29) is 10.8 Å². The summed E-state index contributed by atoms with van der Waals surface area (Å²) in [5, 5.41) is 2.81. The molecule has 1 aliphatic heterocycles. The first kappa shape index (κ1) is 23.6. The van der Waals surface area contributed by atoms with Gasteiger partial charge in [0.1, 0.15) is 11.5 Å². The largest absolute Gasteiger partial charge is 0.495 e. The molecule has 1 fully saturated rings. The zero-order valence-corrected chi connectivity index (χ0v) is 20.1. The van der Waals surface area contributed by atoms with Crippen molar-refractivity contribution in [2.24, 2.45) is 0 Å². The summed E-state index contributed by atoms with van der Waals surface area (Å²) >= 11 is 0. The molecule has 7 nitrogen and oxygen atoms in total. The minimum Gasteiger partial charge on any atom is -0.495 e. The average Bonchev–Trinajstić information content (AvgIpc) is 2.84. The molecule has 2 aliphatic rings. The highest BCUT2D eigenvalue weighted by Gasteiger charge is 2.27. The number of fused-ring (bicyclic) bond motifs is 1. The van der Waals surface area contributed by atoms with Gasteiger partial charge < -0.3 is 14.8 Å². The molecule has 1 unspecified atom stereocenters. The van der Waals surface area contributed by atoms with Crippen molar-refractivity contribution >= 4 is 21.6 Å². The van der Waals surface area contributed by atoms with Gasteiger partial charge in [-0.3, -0.25) is 4.79 Å². The van der Waals surface area contributed by atoms with E-state index < -0.39 is 16.1 Å². The highest BCUT2D eigenvalue weighted by atomic mass is 32.2. The summed E-state index contributed by atoms with van der Waals surface area (Å²) in [7, 11) is -2.14. The first-order valence-electron chi connectivity index (χ1n) is 11.7. The van der Waals surface area contributed by atoms with Gasteiger partial charge in [0.25, 0.3) is 5.91 Å². The molecule has 0 aromatic heterocycles. The molecule has 0 bridgehead atoms. The number of carbonyl (C=O) groups is 1. The number of aryl methyl sites for hydroxylation is 1. The first-order valence-corrected chi connectivity index (χ1v) is 13.1. The number of methoxy groups -OCH3 is 1. The van der Waals surface area contributed by atoms with Crippen molar-refractivity contribution in [3.8, 4) is 11.5 Å². The van der Waals surface area contributed by atoms with Gasteiger partial charge in [-0.1, -0.05) is 18.6 Å². The van der Waals surface area contributed by atoms with Crippen LogP contribution in [0.2, 0.25) is 0 Å². The summed E-state index contributed by atoms with van der Waals surface area (Å²) in [5.41, 5.74) is 2.77. The Labute approximate surface area is 196 Å². The summed E-state index contributed by atoms with van der Waals surface area (Å²) in [6, 6.07) is 10.5. The number of hydrogen-bond donors (Lipinski definition) is 1. The van der Waals surface area contributed by atoms with Crippen LogP contribution in [0.3, 0.4) is 0 Å². The zero-order valence-electron chi connectivity index (χ0n) is 19.3. The number of rotatable bonds is 7. The molecule has 1 N–H and O–H groups in total. The molecule has 2 aromatic rings. The van der Waals surface area contributed by atoms with Crippen LogP contribution in [0.4, 0.5) is 5.69 Å². The number of anilines is 1. The van der Waals surface area contributed by atoms with E-state index in [0.29, 0.717) is 24.5 Å². The van der Waals surface area contributed by atoms with Crippen LogP contribution in [0.1, 0.15) is 50.2 Å². The number of hydrogen-bond acceptors (Lipinski definition) is 5. The number of carbonyl (C=O) groups excluding carboxylic acids is 1. The number of benzene rings is 2. The van der Waals surface area contributed by atoms with Gasteiger partial charge in [0, 0.05) is 13.1 Å². The van der Waals surface area contributed by atoms with E-state index in [0.717, 1.165) is 44.3 Å². The van der Waals surface area contributed by atoms with E-state index in [1.54, 1.807) is 13.0 Å². The molecule has 1 aliphatic carbocycles. The third kappa shape index (κ3) is 5.17. The van der Waals surface area contributed by atoms with Gasteiger partial charge in [0.15, 0.2) is 6.10 Å². The van der Waals surface area contributed by atoms with Gasteiger partial charge in [-0.2, -0.15) is 4.31 Å². The molecule has 0 saturated carbocycles. The maximum atomic E-state index is 13.1. The molecule has 33 heavy (non-hydrogen) atoms. The number of amides is 1. The molecule has 0 radical (unpaired) electrons. The van der Waals surface area contributed by atoms with Crippen LogP contribution in [0, 0.1) is 0 Å². The maximum absolute atomic E-state index is 13.1. The molecule has 1 amide bonds. The summed E-state index contributed by atoms with van der Waals surface area (Å²) < 4.78 is 39.1. The SMILES string of the molecule is COc1ccc(S(=O)(=O)N2CCCCC2)cc1NC(=O)C(C)Oc1cccc2c1CCCC2. The molecule has 2 aromatic carbocycles. The van der Waals surface area contributed by atoms with Crippen molar-refractivity contribution in [1.82, 2.24) is 4.31 Å². The fourth-order valence-corrected chi connectivity index (χ4v) is 6.08. The lowest BCUT2D eigenvalue weighted by molar-refractivity contribution is -0.122. The van der Waals surface area contributed by atoms with Crippen LogP contribution in [0.15, 0.2) is 41.3 Å². The second-order valence-electron chi connectivity index (χ2n) is 8.68. The quantitative estimate of drug-likeness (QED) is 0.654. The van der Waals surface area contributed by atoms with Gasteiger partial charge in [0.05, 0.1) is 17.7 Å². The lowest BCUT2D eigenvalue weighted by Crippen LogP contribution is -2.35. The lowest BCUT2D eigenvalue weighted by Gasteiger charge is -2.26. The maximum Gasteiger partial charge on any atom is 0.265 e. The van der Waals surface area contributed by atoms with E-state index >= 15 is 0 Å². The van der Waals surface area contributed by atoms with E-state index in [9.17, 15) is 13.2 Å². The minimum atomic E-state index is -3.63. The number of sulfonamides is 1. The van der Waals surface area contributed by atoms with Crippen LogP contribution >= 0.6 is 0 Å². The smallest absolute Gasteiger partial charge is 0.265 e. The summed E-state index contributed by atoms with van der Waals surface area (Å²) in [6.07, 6.45) is 6.26. The lowest BCUT2D eigenvalue weighted by atomic mass is 9.91. The van der Waals surface area contributed by atoms with Crippen molar-refractivity contribution < 1.29 is 22.7 Å². The second-order valence-corrected chi connectivity index (χ2v) is 10.6. The van der Waals surface area contributed by atoms with Crippen LogP contribution in [0.5, 0.6) is 11.5 Å². The summed E-state index contributed by atoms with van der Waals surface area (Å²) in [5.74, 6) is 0.766. The van der Waals surface area contributed by atoms with Crippen molar-refractivity contribution in [3.05, 3.63) is 47.5 Å². The van der Waals surface area contributed by atoms with Gasteiger partial charge >= 0.3 is 0 Å². The fourth-order valence-electron chi connectivity index (χ4n) is 4.53. The van der Waals surface area contributed by atoms with Crippen LogP contribution in [0.25, 0.3) is 0 Å². The number of piperidine rings is 1. The standard InChI is InChI=1S/C25H32N2O5S/c1-18(32-23-12-8-10-19-9-4-5-11-21(19)23)25(28)26-22-17-20(13-14-24(22)31-2)33(29,30)27-15-6-3-7-16-27/h8,10,12-14,17-18H,3-7,9,11,15-16H2,1-2H3,(H,26,28). The van der Waals surface area contributed by atoms with Gasteiger partial charge in [0.2, 0.25) is 10.0 Å². The van der Waals surface area contributed by atoms with Crippen molar-refractivity contribution in [1.29, 1.82) is 0 Å². The second kappa shape index (κ2) is 10.1. The van der Waals surface area contributed by atoms with E-state index in [4.69, 9.17) is 9.47 Å². The average molecular weight is 473 g/mol. The molecule has 1 atom stereocenters. The van der Waals surface area contributed by atoms with E-state index in [1.807, 2.05) is 12.1 Å². The third-order valence-corrected chi connectivity index (χ3v) is 8.30. The number of ether oxygens (including phenoxy) is 2. The molecule has 0 spiro atoms. The molecule has 8 heteroatoms. The normalized spacial score (nSPS) is 17.6. The molecule has 1 saturated heterocycles. The molecular weight excluding hydrogens is 440 g/mol. The third-order valence-electron chi connectivity index (χ3n) is 6.41. The Bertz CT molecular complexity index is 1110. The van der Waals surface area contributed by atoms with E-state index in [1.165, 1.54) is 41.1 Å². The first-order chi connectivity index (χ1) is 15.9. The highest BCUT2D eigenvalue weighted by molar-refractivity contribution is 7.89. The topological polar surface area (TPSA) is 84.9 Å². The Kier molecular flexibility index (Phi) is 7.24. The molecular formula is C25H32N2O5S. The van der Waals surface area contributed by atoms with Gasteiger partial charge in [-0.15, -0.1) is 0 Å². The fraction of sp³-hybridized carbons (Fsp3) is 0.480. The Hall–Kier alpha value is -2.58. The molecule has 1 heterocycles. The van der Waals surface area contributed by atoms with Gasteiger partial charge in [-0.25, -0.2) is 8.42 Å². The summed E-state index contributed by atoms with van der Waals surface area (Å²) in [6.45, 7) is 2.73. The highest BCUT2D eigenvalue weighted by Crippen LogP contribution is 2.32. The number of nitrogens with one attached hydrogen (secondary N) is 1. The van der Waals surface area contributed by atoms with Crippen molar-refractivity contribution in [3.63, 3.8) is 0 Å². The molecule has 4 rings (SSSR count). The van der Waals surface area contributed by atoms with Crippen molar-refractivity contribution in [2.45, 2.75) is 62.9 Å². The summed E-state index contributed by atoms with van der Waals surface area (Å²) in [4.78, 5) is 13.1. The zero-order chi connectivity index (χ0) is 23.4. The monoisotopic (exact) mass is 472 g/mol. The predicted molar refractivity (Wildman–Crippen MR) is 127 cm³/mol. The van der Waals surface area contributed by atoms with Crippen LogP contribution in [-0.4, -0.2) is 44.9 Å². The van der Waals surface area contributed by atoms with Crippen LogP contribution in [-0.2, 0) is 27.7 Å². The van der Waals surface area contributed by atoms with Crippen molar-refractivity contribution in [2.75, 3.05) is 25.5 Å². The van der Waals surface area contributed by atoms with Crippen LogP contribution < -0.4 is 14.8 Å². The Morgan fingerprint density at radius 3 is 2.52 bits per heavy atom. The Morgan fingerprint density at radius 2 is 1.76 bits per heavy atom. The van der Waals surface area contributed by atoms with Gasteiger partial charge in [-0.05, 0) is 80.8 Å². The molecule has 178 valence electrons. The Morgan fingerprint density at radius 1 is 1.00 bits per heavy atom. The van der Waals surface area contributed by atoms with E-state index in [2.05, 4.69) is 11.4 Å².